The highest BCUT2D eigenvalue weighted by molar-refractivity contribution is 7.89. The molecular formula is C20H26N3O4S+. The smallest absolute Gasteiger partial charge is 0.275 e. The van der Waals surface area contributed by atoms with E-state index in [9.17, 15) is 13.2 Å². The van der Waals surface area contributed by atoms with Crippen molar-refractivity contribution in [2.24, 2.45) is 0 Å². The number of rotatable bonds is 7. The molecule has 2 N–H and O–H groups in total. The van der Waals surface area contributed by atoms with Crippen molar-refractivity contribution < 1.29 is 22.8 Å². The predicted molar refractivity (Wildman–Crippen MR) is 106 cm³/mol. The zero-order valence-electron chi connectivity index (χ0n) is 15.9. The highest BCUT2D eigenvalue weighted by atomic mass is 32.2. The maximum absolute atomic E-state index is 12.7. The molecule has 0 aromatic heterocycles. The molecule has 1 aliphatic rings. The molecule has 1 fully saturated rings. The van der Waals surface area contributed by atoms with E-state index in [-0.39, 0.29) is 5.91 Å². The molecule has 1 amide bonds. The SMILES string of the molecule is COc1ccccc1CNC(=O)C[NH+]1CCN(S(=O)(=O)c2ccccc2)CC1. The first kappa shape index (κ1) is 20.3. The molecule has 0 atom stereocenters. The Labute approximate surface area is 166 Å². The van der Waals surface area contributed by atoms with Crippen LogP contribution in [0.15, 0.2) is 59.5 Å². The van der Waals surface area contributed by atoms with Crippen molar-refractivity contribution in [3.8, 4) is 5.75 Å². The molecule has 0 bridgehead atoms. The van der Waals surface area contributed by atoms with Crippen LogP contribution < -0.4 is 15.0 Å². The topological polar surface area (TPSA) is 80.2 Å². The lowest BCUT2D eigenvalue weighted by molar-refractivity contribution is -0.895. The average Bonchev–Trinajstić information content (AvgIpc) is 2.73. The summed E-state index contributed by atoms with van der Waals surface area (Å²) >= 11 is 0. The number of amides is 1. The van der Waals surface area contributed by atoms with Crippen LogP contribution in [0.3, 0.4) is 0 Å². The Morgan fingerprint density at radius 1 is 1.07 bits per heavy atom. The first-order valence-corrected chi connectivity index (χ1v) is 10.7. The molecule has 2 aromatic rings. The van der Waals surface area contributed by atoms with Crippen LogP contribution in [0.1, 0.15) is 5.56 Å². The Morgan fingerprint density at radius 2 is 1.71 bits per heavy atom. The van der Waals surface area contributed by atoms with Gasteiger partial charge in [-0.25, -0.2) is 8.42 Å². The van der Waals surface area contributed by atoms with E-state index in [1.807, 2.05) is 24.3 Å². The minimum atomic E-state index is -3.46. The van der Waals surface area contributed by atoms with Crippen molar-refractivity contribution in [2.75, 3.05) is 39.8 Å². The van der Waals surface area contributed by atoms with Crippen LogP contribution in [0.5, 0.6) is 5.75 Å². The largest absolute Gasteiger partial charge is 0.496 e. The lowest BCUT2D eigenvalue weighted by Gasteiger charge is -2.31. The molecule has 1 aliphatic heterocycles. The van der Waals surface area contributed by atoms with Gasteiger partial charge in [0.15, 0.2) is 6.54 Å². The quantitative estimate of drug-likeness (QED) is 0.676. The number of piperazine rings is 1. The molecule has 1 saturated heterocycles. The maximum atomic E-state index is 12.7. The third-order valence-electron chi connectivity index (χ3n) is 4.89. The molecule has 0 spiro atoms. The van der Waals surface area contributed by atoms with Gasteiger partial charge in [0.25, 0.3) is 5.91 Å². The highest BCUT2D eigenvalue weighted by Crippen LogP contribution is 2.16. The van der Waals surface area contributed by atoms with Gasteiger partial charge in [-0.1, -0.05) is 36.4 Å². The predicted octanol–water partition coefficient (Wildman–Crippen LogP) is -0.0992. The van der Waals surface area contributed by atoms with Gasteiger partial charge in [0.2, 0.25) is 10.0 Å². The lowest BCUT2D eigenvalue weighted by atomic mass is 10.2. The monoisotopic (exact) mass is 404 g/mol. The summed E-state index contributed by atoms with van der Waals surface area (Å²) in [6.07, 6.45) is 0. The second kappa shape index (κ2) is 9.18. The van der Waals surface area contributed by atoms with Crippen molar-refractivity contribution in [3.63, 3.8) is 0 Å². The summed E-state index contributed by atoms with van der Waals surface area (Å²) in [7, 11) is -1.86. The fourth-order valence-electron chi connectivity index (χ4n) is 3.29. The normalized spacial score (nSPS) is 15.9. The Morgan fingerprint density at radius 3 is 2.39 bits per heavy atom. The fourth-order valence-corrected chi connectivity index (χ4v) is 4.76. The molecule has 3 rings (SSSR count). The lowest BCUT2D eigenvalue weighted by Crippen LogP contribution is -3.15. The summed E-state index contributed by atoms with van der Waals surface area (Å²) in [5, 5.41) is 2.92. The number of hydrogen-bond donors (Lipinski definition) is 2. The third-order valence-corrected chi connectivity index (χ3v) is 6.80. The van der Waals surface area contributed by atoms with Crippen molar-refractivity contribution in [2.45, 2.75) is 11.4 Å². The van der Waals surface area contributed by atoms with Crippen LogP contribution in [0.25, 0.3) is 0 Å². The van der Waals surface area contributed by atoms with E-state index in [4.69, 9.17) is 4.74 Å². The number of benzene rings is 2. The summed E-state index contributed by atoms with van der Waals surface area (Å²) in [5.74, 6) is 0.690. The first-order valence-electron chi connectivity index (χ1n) is 9.28. The van der Waals surface area contributed by atoms with Crippen molar-refractivity contribution in [3.05, 3.63) is 60.2 Å². The zero-order valence-corrected chi connectivity index (χ0v) is 16.7. The number of carbonyl (C=O) groups is 1. The number of quaternary nitrogens is 1. The standard InChI is InChI=1S/C20H25N3O4S/c1-27-19-10-6-5-7-17(19)15-21-20(24)16-22-11-13-23(14-12-22)28(25,26)18-8-3-2-4-9-18/h2-10H,11-16H2,1H3,(H,21,24)/p+1. The summed E-state index contributed by atoms with van der Waals surface area (Å²) in [6, 6.07) is 16.0. The van der Waals surface area contributed by atoms with Gasteiger partial charge in [-0.3, -0.25) is 4.79 Å². The summed E-state index contributed by atoms with van der Waals surface area (Å²) in [5.41, 5.74) is 0.923. The Kier molecular flexibility index (Phi) is 6.66. The highest BCUT2D eigenvalue weighted by Gasteiger charge is 2.30. The minimum Gasteiger partial charge on any atom is -0.496 e. The molecule has 150 valence electrons. The molecule has 0 saturated carbocycles. The van der Waals surface area contributed by atoms with Crippen molar-refractivity contribution in [1.82, 2.24) is 9.62 Å². The van der Waals surface area contributed by atoms with Gasteiger partial charge in [0.1, 0.15) is 5.75 Å². The van der Waals surface area contributed by atoms with Gasteiger partial charge in [-0.2, -0.15) is 4.31 Å². The van der Waals surface area contributed by atoms with Crippen LogP contribution in [-0.2, 0) is 21.4 Å². The van der Waals surface area contributed by atoms with Gasteiger partial charge >= 0.3 is 0 Å². The van der Waals surface area contributed by atoms with Crippen LogP contribution in [0, 0.1) is 0 Å². The average molecular weight is 405 g/mol. The molecule has 0 unspecified atom stereocenters. The number of nitrogens with zero attached hydrogens (tertiary/aromatic N) is 1. The van der Waals surface area contributed by atoms with Crippen LogP contribution in [-0.4, -0.2) is 58.5 Å². The van der Waals surface area contributed by atoms with Crippen molar-refractivity contribution >= 4 is 15.9 Å². The van der Waals surface area contributed by atoms with E-state index in [2.05, 4.69) is 5.32 Å². The molecule has 7 nitrogen and oxygen atoms in total. The van der Waals surface area contributed by atoms with Gasteiger partial charge < -0.3 is 15.0 Å². The number of carbonyl (C=O) groups excluding carboxylic acids is 1. The van der Waals surface area contributed by atoms with E-state index in [0.29, 0.717) is 44.2 Å². The van der Waals surface area contributed by atoms with Gasteiger partial charge in [-0.15, -0.1) is 0 Å². The van der Waals surface area contributed by atoms with Crippen molar-refractivity contribution in [1.29, 1.82) is 0 Å². The Bertz CT molecular complexity index is 895. The summed E-state index contributed by atoms with van der Waals surface area (Å²) < 4.78 is 32.1. The zero-order chi connectivity index (χ0) is 20.0. The Balaban J connectivity index is 1.48. The van der Waals surface area contributed by atoms with E-state index in [1.165, 1.54) is 4.31 Å². The number of nitrogens with one attached hydrogen (secondary N) is 2. The second-order valence-electron chi connectivity index (χ2n) is 6.73. The van der Waals surface area contributed by atoms with E-state index < -0.39 is 10.0 Å². The number of hydrogen-bond acceptors (Lipinski definition) is 4. The molecule has 0 radical (unpaired) electrons. The second-order valence-corrected chi connectivity index (χ2v) is 8.67. The van der Waals surface area contributed by atoms with Crippen LogP contribution in [0.4, 0.5) is 0 Å². The van der Waals surface area contributed by atoms with Gasteiger partial charge in [0.05, 0.1) is 38.2 Å². The number of para-hydroxylation sites is 1. The van der Waals surface area contributed by atoms with Crippen LogP contribution in [0.2, 0.25) is 0 Å². The number of ether oxygens (including phenoxy) is 1. The molecule has 1 heterocycles. The molecule has 2 aromatic carbocycles. The summed E-state index contributed by atoms with van der Waals surface area (Å²) in [6.45, 7) is 2.76. The van der Waals surface area contributed by atoms with Gasteiger partial charge in [0, 0.05) is 12.1 Å². The summed E-state index contributed by atoms with van der Waals surface area (Å²) in [4.78, 5) is 13.7. The molecule has 8 heteroatoms. The third kappa shape index (κ3) is 4.89. The molecular weight excluding hydrogens is 378 g/mol. The minimum absolute atomic E-state index is 0.0553. The van der Waals surface area contributed by atoms with Crippen LogP contribution >= 0.6 is 0 Å². The maximum Gasteiger partial charge on any atom is 0.275 e. The molecule has 28 heavy (non-hydrogen) atoms. The number of sulfonamides is 1. The number of methoxy groups -OCH3 is 1. The van der Waals surface area contributed by atoms with E-state index in [0.717, 1.165) is 16.2 Å². The Hall–Kier alpha value is -2.42. The first-order chi connectivity index (χ1) is 13.5. The fraction of sp³-hybridized carbons (Fsp3) is 0.350. The van der Waals surface area contributed by atoms with E-state index >= 15 is 0 Å². The molecule has 0 aliphatic carbocycles. The van der Waals surface area contributed by atoms with E-state index in [1.54, 1.807) is 37.4 Å². The van der Waals surface area contributed by atoms with Gasteiger partial charge in [-0.05, 0) is 18.2 Å².